The maximum Gasteiger partial charge on any atom is 0.273 e. The van der Waals surface area contributed by atoms with Crippen LogP contribution >= 0.6 is 11.6 Å². The molecule has 2 aromatic carbocycles. The molecule has 0 atom stereocenters. The Kier molecular flexibility index (Phi) is 4.65. The van der Waals surface area contributed by atoms with Crippen LogP contribution in [0.4, 0.5) is 22.7 Å². The van der Waals surface area contributed by atoms with Crippen molar-refractivity contribution in [3.8, 4) is 0 Å². The first-order valence-corrected chi connectivity index (χ1v) is 6.94. The SMILES string of the molecule is CCNc1cc(Nc2ccc(C)cc2Cl)cc([N+](=O)[O-])c1. The van der Waals surface area contributed by atoms with Crippen molar-refractivity contribution in [2.24, 2.45) is 0 Å². The normalized spacial score (nSPS) is 10.2. The van der Waals surface area contributed by atoms with Gasteiger partial charge in [0.15, 0.2) is 0 Å². The Morgan fingerprint density at radius 3 is 2.52 bits per heavy atom. The molecule has 5 nitrogen and oxygen atoms in total. The van der Waals surface area contributed by atoms with Crippen molar-refractivity contribution < 1.29 is 4.92 Å². The molecule has 6 heteroatoms. The van der Waals surface area contributed by atoms with Gasteiger partial charge in [0.05, 0.1) is 15.6 Å². The molecule has 2 N–H and O–H groups in total. The summed E-state index contributed by atoms with van der Waals surface area (Å²) >= 11 is 6.17. The lowest BCUT2D eigenvalue weighted by molar-refractivity contribution is -0.384. The standard InChI is InChI=1S/C15H16ClN3O2/c1-3-17-11-7-12(9-13(8-11)19(20)21)18-15-5-4-10(2)6-14(15)16/h4-9,17-18H,3H2,1-2H3. The zero-order valence-electron chi connectivity index (χ0n) is 11.8. The quantitative estimate of drug-likeness (QED) is 0.619. The molecule has 0 aliphatic carbocycles. The van der Waals surface area contributed by atoms with Gasteiger partial charge in [-0.25, -0.2) is 0 Å². The van der Waals surface area contributed by atoms with E-state index < -0.39 is 4.92 Å². The minimum atomic E-state index is -0.414. The van der Waals surface area contributed by atoms with Crippen LogP contribution in [0.3, 0.4) is 0 Å². The Bertz CT molecular complexity index is 674. The first-order valence-electron chi connectivity index (χ1n) is 6.56. The second-order valence-corrected chi connectivity index (χ2v) is 5.07. The minimum absolute atomic E-state index is 0.0270. The number of aryl methyl sites for hydroxylation is 1. The smallest absolute Gasteiger partial charge is 0.273 e. The lowest BCUT2D eigenvalue weighted by Gasteiger charge is -2.11. The maximum absolute atomic E-state index is 11.0. The maximum atomic E-state index is 11.0. The first-order chi connectivity index (χ1) is 9.99. The van der Waals surface area contributed by atoms with Gasteiger partial charge in [0.1, 0.15) is 0 Å². The molecule has 0 aromatic heterocycles. The van der Waals surface area contributed by atoms with Crippen molar-refractivity contribution in [3.05, 3.63) is 57.1 Å². The fourth-order valence-corrected chi connectivity index (χ4v) is 2.25. The summed E-state index contributed by atoms with van der Waals surface area (Å²) in [6.07, 6.45) is 0. The summed E-state index contributed by atoms with van der Waals surface area (Å²) in [6, 6.07) is 10.4. The van der Waals surface area contributed by atoms with Crippen LogP contribution in [0, 0.1) is 17.0 Å². The van der Waals surface area contributed by atoms with Crippen LogP contribution in [0.25, 0.3) is 0 Å². The Hall–Kier alpha value is -2.27. The van der Waals surface area contributed by atoms with E-state index in [-0.39, 0.29) is 5.69 Å². The van der Waals surface area contributed by atoms with Crippen molar-refractivity contribution >= 4 is 34.4 Å². The fourth-order valence-electron chi connectivity index (χ4n) is 1.97. The number of nitrogens with one attached hydrogen (secondary N) is 2. The van der Waals surface area contributed by atoms with E-state index in [0.29, 0.717) is 28.6 Å². The van der Waals surface area contributed by atoms with Crippen molar-refractivity contribution in [2.45, 2.75) is 13.8 Å². The molecule has 2 rings (SSSR count). The number of hydrogen-bond acceptors (Lipinski definition) is 4. The molecule has 110 valence electrons. The largest absolute Gasteiger partial charge is 0.385 e. The van der Waals surface area contributed by atoms with Gasteiger partial charge >= 0.3 is 0 Å². The number of nitrogens with zero attached hydrogens (tertiary/aromatic N) is 1. The monoisotopic (exact) mass is 305 g/mol. The average Bonchev–Trinajstić information content (AvgIpc) is 2.42. The molecule has 0 saturated carbocycles. The van der Waals surface area contributed by atoms with Crippen LogP contribution in [0.5, 0.6) is 0 Å². The Morgan fingerprint density at radius 2 is 1.90 bits per heavy atom. The second kappa shape index (κ2) is 6.45. The third-order valence-electron chi connectivity index (χ3n) is 2.91. The highest BCUT2D eigenvalue weighted by Crippen LogP contribution is 2.30. The van der Waals surface area contributed by atoms with E-state index in [1.807, 2.05) is 38.1 Å². The minimum Gasteiger partial charge on any atom is -0.385 e. The third-order valence-corrected chi connectivity index (χ3v) is 3.23. The summed E-state index contributed by atoms with van der Waals surface area (Å²) in [5.74, 6) is 0. The van der Waals surface area contributed by atoms with Gasteiger partial charge in [-0.05, 0) is 37.6 Å². The fraction of sp³-hybridized carbons (Fsp3) is 0.200. The lowest BCUT2D eigenvalue weighted by atomic mass is 10.2. The van der Waals surface area contributed by atoms with Gasteiger partial charge in [-0.2, -0.15) is 0 Å². The van der Waals surface area contributed by atoms with E-state index in [4.69, 9.17) is 11.6 Å². The van der Waals surface area contributed by atoms with E-state index >= 15 is 0 Å². The molecule has 0 aliphatic heterocycles. The summed E-state index contributed by atoms with van der Waals surface area (Å²) in [6.45, 7) is 4.57. The molecule has 0 saturated heterocycles. The van der Waals surface area contributed by atoms with Crippen LogP contribution in [0.15, 0.2) is 36.4 Å². The number of hydrogen-bond donors (Lipinski definition) is 2. The lowest BCUT2D eigenvalue weighted by Crippen LogP contribution is -2.00. The van der Waals surface area contributed by atoms with Gasteiger partial charge in [0.2, 0.25) is 0 Å². The Labute approximate surface area is 128 Å². The average molecular weight is 306 g/mol. The summed E-state index contributed by atoms with van der Waals surface area (Å²) in [7, 11) is 0. The molecular weight excluding hydrogens is 290 g/mol. The van der Waals surface area contributed by atoms with Crippen LogP contribution in [-0.4, -0.2) is 11.5 Å². The van der Waals surface area contributed by atoms with E-state index in [0.717, 1.165) is 5.56 Å². The molecule has 21 heavy (non-hydrogen) atoms. The molecule has 2 aromatic rings. The molecule has 0 radical (unpaired) electrons. The van der Waals surface area contributed by atoms with E-state index in [1.54, 1.807) is 0 Å². The Morgan fingerprint density at radius 1 is 1.19 bits per heavy atom. The van der Waals surface area contributed by atoms with E-state index in [1.165, 1.54) is 12.1 Å². The zero-order valence-corrected chi connectivity index (χ0v) is 12.6. The predicted molar refractivity (Wildman–Crippen MR) is 86.7 cm³/mol. The summed E-state index contributed by atoms with van der Waals surface area (Å²) in [4.78, 5) is 10.6. The summed E-state index contributed by atoms with van der Waals surface area (Å²) in [5.41, 5.74) is 3.10. The molecule has 0 amide bonds. The number of nitro groups is 1. The van der Waals surface area contributed by atoms with Gasteiger partial charge in [-0.1, -0.05) is 17.7 Å². The molecule has 0 fully saturated rings. The molecule has 0 unspecified atom stereocenters. The van der Waals surface area contributed by atoms with Crippen molar-refractivity contribution in [3.63, 3.8) is 0 Å². The van der Waals surface area contributed by atoms with Gasteiger partial charge in [0, 0.05) is 30.1 Å². The van der Waals surface area contributed by atoms with Crippen LogP contribution in [0.1, 0.15) is 12.5 Å². The number of non-ortho nitro benzene ring substituents is 1. The van der Waals surface area contributed by atoms with E-state index in [9.17, 15) is 10.1 Å². The summed E-state index contributed by atoms with van der Waals surface area (Å²) < 4.78 is 0. The highest BCUT2D eigenvalue weighted by molar-refractivity contribution is 6.33. The van der Waals surface area contributed by atoms with Crippen molar-refractivity contribution in [2.75, 3.05) is 17.2 Å². The van der Waals surface area contributed by atoms with Gasteiger partial charge in [-0.3, -0.25) is 10.1 Å². The number of anilines is 3. The molecule has 0 spiro atoms. The molecule has 0 aliphatic rings. The first kappa shape index (κ1) is 15.1. The van der Waals surface area contributed by atoms with Crippen LogP contribution in [-0.2, 0) is 0 Å². The summed E-state index contributed by atoms with van der Waals surface area (Å²) in [5, 5.41) is 17.8. The van der Waals surface area contributed by atoms with Gasteiger partial charge in [-0.15, -0.1) is 0 Å². The molecule has 0 heterocycles. The second-order valence-electron chi connectivity index (χ2n) is 4.66. The molecule has 0 bridgehead atoms. The van der Waals surface area contributed by atoms with Gasteiger partial charge in [0.25, 0.3) is 5.69 Å². The number of benzene rings is 2. The van der Waals surface area contributed by atoms with E-state index in [2.05, 4.69) is 10.6 Å². The highest BCUT2D eigenvalue weighted by atomic mass is 35.5. The predicted octanol–water partition coefficient (Wildman–Crippen LogP) is 4.73. The van der Waals surface area contributed by atoms with Crippen LogP contribution in [0.2, 0.25) is 5.02 Å². The van der Waals surface area contributed by atoms with Crippen molar-refractivity contribution in [1.29, 1.82) is 0 Å². The highest BCUT2D eigenvalue weighted by Gasteiger charge is 2.10. The number of rotatable bonds is 5. The molecular formula is C15H16ClN3O2. The number of halogens is 1. The van der Waals surface area contributed by atoms with Crippen molar-refractivity contribution in [1.82, 2.24) is 0 Å². The van der Waals surface area contributed by atoms with Crippen LogP contribution < -0.4 is 10.6 Å². The topological polar surface area (TPSA) is 67.2 Å². The third kappa shape index (κ3) is 3.86. The van der Waals surface area contributed by atoms with Gasteiger partial charge < -0.3 is 10.6 Å². The Balaban J connectivity index is 2.36. The zero-order chi connectivity index (χ0) is 15.4. The number of nitro benzene ring substituents is 1.